The van der Waals surface area contributed by atoms with Crippen molar-refractivity contribution >= 4 is 0 Å². The molecule has 0 amide bonds. The van der Waals surface area contributed by atoms with Crippen molar-refractivity contribution in [1.82, 2.24) is 0 Å². The molecule has 2 unspecified atom stereocenters. The van der Waals surface area contributed by atoms with Crippen molar-refractivity contribution in [2.45, 2.75) is 39.5 Å². The van der Waals surface area contributed by atoms with E-state index in [1.54, 1.807) is 25.7 Å². The van der Waals surface area contributed by atoms with Gasteiger partial charge in [0.05, 0.1) is 0 Å². The highest BCUT2D eigenvalue weighted by molar-refractivity contribution is 5.12. The van der Waals surface area contributed by atoms with Crippen LogP contribution >= 0.6 is 0 Å². The molecule has 3 rings (SSSR count). The predicted octanol–water partition coefficient (Wildman–Crippen LogP) is 3.08. The topological polar surface area (TPSA) is 0 Å². The second-order valence-electron chi connectivity index (χ2n) is 5.68. The Hall–Kier alpha value is 0. The zero-order valence-electron chi connectivity index (χ0n) is 7.64. The van der Waals surface area contributed by atoms with E-state index >= 15 is 0 Å². The summed E-state index contributed by atoms with van der Waals surface area (Å²) in [5.41, 5.74) is 0.843. The number of hydrogen-bond donors (Lipinski definition) is 0. The quantitative estimate of drug-likeness (QED) is 0.498. The largest absolute Gasteiger partial charge is 0.0625 e. The third-order valence-electron chi connectivity index (χ3n) is 4.69. The van der Waals surface area contributed by atoms with Gasteiger partial charge < -0.3 is 0 Å². The summed E-state index contributed by atoms with van der Waals surface area (Å²) in [6.07, 6.45) is 6.24. The van der Waals surface area contributed by atoms with Crippen molar-refractivity contribution in [3.8, 4) is 0 Å². The third-order valence-corrected chi connectivity index (χ3v) is 4.69. The Morgan fingerprint density at radius 3 is 2.09 bits per heavy atom. The van der Waals surface area contributed by atoms with Gasteiger partial charge in [0.2, 0.25) is 0 Å². The van der Waals surface area contributed by atoms with Crippen molar-refractivity contribution in [3.05, 3.63) is 0 Å². The molecule has 0 aliphatic heterocycles. The van der Waals surface area contributed by atoms with Crippen molar-refractivity contribution < 1.29 is 0 Å². The highest BCUT2D eigenvalue weighted by Crippen LogP contribution is 2.71. The Morgan fingerprint density at radius 2 is 1.64 bits per heavy atom. The van der Waals surface area contributed by atoms with Crippen LogP contribution < -0.4 is 0 Å². The van der Waals surface area contributed by atoms with E-state index in [1.807, 2.05) is 0 Å². The summed E-state index contributed by atoms with van der Waals surface area (Å²) in [6, 6.07) is 0. The van der Waals surface area contributed by atoms with Gasteiger partial charge in [-0.05, 0) is 54.8 Å². The van der Waals surface area contributed by atoms with E-state index < -0.39 is 0 Å². The van der Waals surface area contributed by atoms with Crippen molar-refractivity contribution in [3.63, 3.8) is 0 Å². The molecule has 0 bridgehead atoms. The number of hydrogen-bond acceptors (Lipinski definition) is 0. The van der Waals surface area contributed by atoms with Gasteiger partial charge in [0.25, 0.3) is 0 Å². The maximum atomic E-state index is 2.51. The molecule has 0 aromatic carbocycles. The Morgan fingerprint density at radius 1 is 1.09 bits per heavy atom. The predicted molar refractivity (Wildman–Crippen MR) is 46.2 cm³/mol. The minimum absolute atomic E-state index is 0.843. The van der Waals surface area contributed by atoms with E-state index in [4.69, 9.17) is 0 Å². The average Bonchev–Trinajstić information content (AvgIpc) is 1.81. The molecule has 3 saturated carbocycles. The van der Waals surface area contributed by atoms with Crippen LogP contribution in [-0.4, -0.2) is 0 Å². The Kier molecular flexibility index (Phi) is 0.990. The summed E-state index contributed by atoms with van der Waals surface area (Å²) in [6.45, 7) is 4.96. The first kappa shape index (κ1) is 6.51. The van der Waals surface area contributed by atoms with Gasteiger partial charge in [-0.25, -0.2) is 0 Å². The minimum Gasteiger partial charge on any atom is -0.0625 e. The Balaban J connectivity index is 1.82. The lowest BCUT2D eigenvalue weighted by atomic mass is 9.35. The molecule has 0 radical (unpaired) electrons. The van der Waals surface area contributed by atoms with Gasteiger partial charge in [-0.3, -0.25) is 0 Å². The normalized spacial score (nSPS) is 66.0. The van der Waals surface area contributed by atoms with Gasteiger partial charge in [-0.1, -0.05) is 13.8 Å². The van der Waals surface area contributed by atoms with E-state index in [2.05, 4.69) is 13.8 Å². The van der Waals surface area contributed by atoms with E-state index in [9.17, 15) is 0 Å². The lowest BCUT2D eigenvalue weighted by molar-refractivity contribution is -0.206. The monoisotopic (exact) mass is 150 g/mol. The molecular formula is C11H18. The van der Waals surface area contributed by atoms with Gasteiger partial charge >= 0.3 is 0 Å². The molecule has 0 aromatic rings. The van der Waals surface area contributed by atoms with Crippen LogP contribution in [0, 0.1) is 29.1 Å². The van der Waals surface area contributed by atoms with Crippen LogP contribution in [-0.2, 0) is 0 Å². The third kappa shape index (κ3) is 0.625. The van der Waals surface area contributed by atoms with Crippen LogP contribution in [0.2, 0.25) is 0 Å². The summed E-state index contributed by atoms with van der Waals surface area (Å²) < 4.78 is 0. The standard InChI is InChI=1S/C11H18/c1-7-3-8-5-11(2)6-9(4-7)10(8)11/h7-10H,3-6H2,1-2H3. The fourth-order valence-corrected chi connectivity index (χ4v) is 4.60. The molecule has 62 valence electrons. The van der Waals surface area contributed by atoms with Crippen LogP contribution in [0.3, 0.4) is 0 Å². The second-order valence-corrected chi connectivity index (χ2v) is 5.68. The lowest BCUT2D eigenvalue weighted by Crippen LogP contribution is -2.62. The molecule has 0 heterocycles. The maximum absolute atomic E-state index is 2.51. The van der Waals surface area contributed by atoms with Crippen LogP contribution in [0.4, 0.5) is 0 Å². The lowest BCUT2D eigenvalue weighted by Gasteiger charge is -2.70. The van der Waals surface area contributed by atoms with Crippen LogP contribution in [0.1, 0.15) is 39.5 Å². The molecule has 0 aromatic heterocycles. The molecule has 2 atom stereocenters. The van der Waals surface area contributed by atoms with Gasteiger partial charge in [0.15, 0.2) is 0 Å². The Labute approximate surface area is 69.4 Å². The molecule has 0 N–H and O–H groups in total. The van der Waals surface area contributed by atoms with Gasteiger partial charge in [-0.15, -0.1) is 0 Å². The molecule has 0 heteroatoms. The highest BCUT2D eigenvalue weighted by Gasteiger charge is 2.63. The average molecular weight is 150 g/mol. The summed E-state index contributed by atoms with van der Waals surface area (Å²) in [4.78, 5) is 0. The summed E-state index contributed by atoms with van der Waals surface area (Å²) in [5, 5.41) is 0. The highest BCUT2D eigenvalue weighted by atomic mass is 14.7. The van der Waals surface area contributed by atoms with Crippen molar-refractivity contribution in [2.24, 2.45) is 29.1 Å². The second kappa shape index (κ2) is 1.67. The fraction of sp³-hybridized carbons (Fsp3) is 1.00. The molecule has 3 aliphatic carbocycles. The van der Waals surface area contributed by atoms with E-state index in [0.29, 0.717) is 0 Å². The van der Waals surface area contributed by atoms with Crippen molar-refractivity contribution in [2.75, 3.05) is 0 Å². The molecule has 0 saturated heterocycles. The summed E-state index contributed by atoms with van der Waals surface area (Å²) in [5.74, 6) is 4.54. The van der Waals surface area contributed by atoms with Gasteiger partial charge in [0, 0.05) is 0 Å². The fourth-order valence-electron chi connectivity index (χ4n) is 4.60. The Bertz CT molecular complexity index is 174. The van der Waals surface area contributed by atoms with Crippen LogP contribution in [0.25, 0.3) is 0 Å². The van der Waals surface area contributed by atoms with Crippen molar-refractivity contribution in [1.29, 1.82) is 0 Å². The van der Waals surface area contributed by atoms with Crippen LogP contribution in [0.15, 0.2) is 0 Å². The molecule has 11 heavy (non-hydrogen) atoms. The van der Waals surface area contributed by atoms with E-state index in [-0.39, 0.29) is 0 Å². The zero-order valence-corrected chi connectivity index (χ0v) is 7.64. The van der Waals surface area contributed by atoms with Crippen LogP contribution in [0.5, 0.6) is 0 Å². The summed E-state index contributed by atoms with van der Waals surface area (Å²) >= 11 is 0. The minimum atomic E-state index is 0.843. The molecule has 3 aliphatic rings. The SMILES string of the molecule is CC1CC2CC3(C)CC(C1)C23. The molecule has 0 nitrogen and oxygen atoms in total. The molecule has 3 fully saturated rings. The smallest absolute Gasteiger partial charge is 0.0287 e. The molecular weight excluding hydrogens is 132 g/mol. The zero-order chi connectivity index (χ0) is 7.64. The summed E-state index contributed by atoms with van der Waals surface area (Å²) in [7, 11) is 0. The maximum Gasteiger partial charge on any atom is -0.0287 e. The molecule has 0 spiro atoms. The number of rotatable bonds is 0. The van der Waals surface area contributed by atoms with E-state index in [1.165, 1.54) is 5.92 Å². The first-order valence-corrected chi connectivity index (χ1v) is 5.19. The first-order chi connectivity index (χ1) is 5.19. The first-order valence-electron chi connectivity index (χ1n) is 5.19. The van der Waals surface area contributed by atoms with E-state index in [0.717, 1.165) is 23.2 Å². The van der Waals surface area contributed by atoms with Gasteiger partial charge in [0.1, 0.15) is 0 Å². The van der Waals surface area contributed by atoms with Gasteiger partial charge in [-0.2, -0.15) is 0 Å².